The van der Waals surface area contributed by atoms with E-state index < -0.39 is 5.97 Å². The molecule has 27 heavy (non-hydrogen) atoms. The lowest BCUT2D eigenvalue weighted by molar-refractivity contribution is -0.130. The second-order valence-electron chi connectivity index (χ2n) is 6.24. The summed E-state index contributed by atoms with van der Waals surface area (Å²) in [6, 6.07) is 20.3. The van der Waals surface area contributed by atoms with Gasteiger partial charge in [0.05, 0.1) is 5.57 Å². The number of carboxylic acid groups (broad SMARTS) is 1. The maximum atomic E-state index is 12.8. The lowest BCUT2D eigenvalue weighted by Crippen LogP contribution is -2.20. The SMILES string of the molecule is O=C(O)/C(=C/c1ccc2c(c1)C(=O)c1ccccc1C2=O)c1ccccc1. The van der Waals surface area contributed by atoms with Crippen LogP contribution < -0.4 is 0 Å². The lowest BCUT2D eigenvalue weighted by atomic mass is 9.83. The number of aliphatic carboxylic acids is 1. The van der Waals surface area contributed by atoms with E-state index in [1.807, 2.05) is 6.07 Å². The molecule has 1 N–H and O–H groups in total. The van der Waals surface area contributed by atoms with E-state index in [1.54, 1.807) is 66.7 Å². The van der Waals surface area contributed by atoms with Crippen molar-refractivity contribution in [2.24, 2.45) is 0 Å². The van der Waals surface area contributed by atoms with Gasteiger partial charge >= 0.3 is 5.97 Å². The molecule has 0 atom stereocenters. The van der Waals surface area contributed by atoms with Crippen LogP contribution in [0, 0.1) is 0 Å². The van der Waals surface area contributed by atoms with Gasteiger partial charge in [-0.3, -0.25) is 9.59 Å². The van der Waals surface area contributed by atoms with E-state index in [-0.39, 0.29) is 17.1 Å². The van der Waals surface area contributed by atoms with Crippen LogP contribution in [0.25, 0.3) is 11.6 Å². The van der Waals surface area contributed by atoms with Gasteiger partial charge in [-0.05, 0) is 29.3 Å². The van der Waals surface area contributed by atoms with Crippen LogP contribution in [0.5, 0.6) is 0 Å². The largest absolute Gasteiger partial charge is 0.478 e. The summed E-state index contributed by atoms with van der Waals surface area (Å²) in [4.78, 5) is 37.1. The molecule has 0 saturated heterocycles. The van der Waals surface area contributed by atoms with Gasteiger partial charge in [0, 0.05) is 22.3 Å². The summed E-state index contributed by atoms with van der Waals surface area (Å²) in [6.45, 7) is 0. The Balaban J connectivity index is 1.83. The molecule has 1 aliphatic carbocycles. The minimum atomic E-state index is -1.06. The zero-order valence-electron chi connectivity index (χ0n) is 14.2. The molecule has 0 bridgehead atoms. The molecule has 0 saturated carbocycles. The van der Waals surface area contributed by atoms with Crippen molar-refractivity contribution in [1.29, 1.82) is 0 Å². The van der Waals surface area contributed by atoms with E-state index in [2.05, 4.69) is 0 Å². The van der Waals surface area contributed by atoms with E-state index in [4.69, 9.17) is 0 Å². The summed E-state index contributed by atoms with van der Waals surface area (Å²) in [5.74, 6) is -1.49. The third-order valence-electron chi connectivity index (χ3n) is 4.58. The molecular formula is C23H14O4. The van der Waals surface area contributed by atoms with E-state index in [9.17, 15) is 19.5 Å². The number of fused-ring (bicyclic) bond motifs is 2. The Morgan fingerprint density at radius 2 is 1.26 bits per heavy atom. The molecule has 130 valence electrons. The number of carbonyl (C=O) groups is 3. The highest BCUT2D eigenvalue weighted by Gasteiger charge is 2.29. The number of hydrogen-bond donors (Lipinski definition) is 1. The Kier molecular flexibility index (Phi) is 4.01. The van der Waals surface area contributed by atoms with Gasteiger partial charge in [0.15, 0.2) is 11.6 Å². The smallest absolute Gasteiger partial charge is 0.336 e. The number of ketones is 2. The molecule has 4 heteroatoms. The summed E-state index contributed by atoms with van der Waals surface area (Å²) >= 11 is 0. The second-order valence-corrected chi connectivity index (χ2v) is 6.24. The van der Waals surface area contributed by atoms with Crippen LogP contribution >= 0.6 is 0 Å². The first kappa shape index (κ1) is 16.7. The maximum Gasteiger partial charge on any atom is 0.336 e. The number of carboxylic acids is 1. The van der Waals surface area contributed by atoms with Crippen molar-refractivity contribution in [2.75, 3.05) is 0 Å². The van der Waals surface area contributed by atoms with E-state index >= 15 is 0 Å². The van der Waals surface area contributed by atoms with Crippen molar-refractivity contribution in [2.45, 2.75) is 0 Å². The Bertz CT molecular complexity index is 1120. The Morgan fingerprint density at radius 3 is 1.89 bits per heavy atom. The fourth-order valence-electron chi connectivity index (χ4n) is 3.26. The normalized spacial score (nSPS) is 13.1. The topological polar surface area (TPSA) is 71.4 Å². The highest BCUT2D eigenvalue weighted by Crippen LogP contribution is 2.29. The van der Waals surface area contributed by atoms with Gasteiger partial charge in [0.25, 0.3) is 0 Å². The molecule has 0 aromatic heterocycles. The molecule has 4 rings (SSSR count). The minimum Gasteiger partial charge on any atom is -0.478 e. The second kappa shape index (κ2) is 6.50. The predicted octanol–water partition coefficient (Wildman–Crippen LogP) is 4.09. The van der Waals surface area contributed by atoms with Crippen molar-refractivity contribution in [3.63, 3.8) is 0 Å². The predicted molar refractivity (Wildman–Crippen MR) is 102 cm³/mol. The first-order valence-corrected chi connectivity index (χ1v) is 8.39. The van der Waals surface area contributed by atoms with Gasteiger partial charge < -0.3 is 5.11 Å². The first-order valence-electron chi connectivity index (χ1n) is 8.39. The van der Waals surface area contributed by atoms with Gasteiger partial charge in [-0.2, -0.15) is 0 Å². The van der Waals surface area contributed by atoms with E-state index in [0.29, 0.717) is 33.4 Å². The van der Waals surface area contributed by atoms with Crippen LogP contribution in [0.2, 0.25) is 0 Å². The Labute approximate surface area is 155 Å². The van der Waals surface area contributed by atoms with Crippen LogP contribution in [-0.2, 0) is 4.79 Å². The third kappa shape index (κ3) is 2.87. The highest BCUT2D eigenvalue weighted by molar-refractivity contribution is 6.28. The molecule has 0 heterocycles. The van der Waals surface area contributed by atoms with Crippen LogP contribution in [0.15, 0.2) is 72.8 Å². The maximum absolute atomic E-state index is 12.8. The molecule has 3 aromatic carbocycles. The van der Waals surface area contributed by atoms with Crippen LogP contribution in [0.1, 0.15) is 43.0 Å². The monoisotopic (exact) mass is 354 g/mol. The fraction of sp³-hybridized carbons (Fsp3) is 0. The number of hydrogen-bond acceptors (Lipinski definition) is 3. The van der Waals surface area contributed by atoms with Gasteiger partial charge in [-0.1, -0.05) is 60.7 Å². The van der Waals surface area contributed by atoms with Gasteiger partial charge in [-0.15, -0.1) is 0 Å². The minimum absolute atomic E-state index is 0.116. The molecule has 4 nitrogen and oxygen atoms in total. The molecule has 0 spiro atoms. The summed E-state index contributed by atoms with van der Waals surface area (Å²) in [5, 5.41) is 9.56. The molecule has 0 aliphatic heterocycles. The first-order chi connectivity index (χ1) is 13.1. The Morgan fingerprint density at radius 1 is 0.704 bits per heavy atom. The van der Waals surface area contributed by atoms with Crippen molar-refractivity contribution in [3.8, 4) is 0 Å². The Hall–Kier alpha value is -3.79. The van der Waals surface area contributed by atoms with Crippen molar-refractivity contribution in [1.82, 2.24) is 0 Å². The molecule has 0 unspecified atom stereocenters. The van der Waals surface area contributed by atoms with Gasteiger partial charge in [0.2, 0.25) is 0 Å². The number of rotatable bonds is 3. The lowest BCUT2D eigenvalue weighted by Gasteiger charge is -2.17. The summed E-state index contributed by atoms with van der Waals surface area (Å²) < 4.78 is 0. The molecule has 0 amide bonds. The third-order valence-corrected chi connectivity index (χ3v) is 4.58. The standard InChI is InChI=1S/C23H14O4/c24-21-16-8-4-5-9-17(16)22(25)20-13-14(10-11-18(20)21)12-19(23(26)27)15-6-2-1-3-7-15/h1-13H,(H,26,27)/b19-12+. The average Bonchev–Trinajstić information content (AvgIpc) is 2.70. The van der Waals surface area contributed by atoms with Crippen LogP contribution in [0.4, 0.5) is 0 Å². The van der Waals surface area contributed by atoms with Crippen molar-refractivity contribution >= 4 is 29.2 Å². The molecule has 0 fully saturated rings. The zero-order valence-corrected chi connectivity index (χ0v) is 14.2. The molecule has 1 aliphatic rings. The van der Waals surface area contributed by atoms with Gasteiger partial charge in [0.1, 0.15) is 0 Å². The molecule has 0 radical (unpaired) electrons. The van der Waals surface area contributed by atoms with Crippen LogP contribution in [-0.4, -0.2) is 22.6 Å². The summed E-state index contributed by atoms with van der Waals surface area (Å²) in [6.07, 6.45) is 1.51. The van der Waals surface area contributed by atoms with Crippen molar-refractivity contribution in [3.05, 3.63) is 106 Å². The summed E-state index contributed by atoms with van der Waals surface area (Å²) in [5.41, 5.74) is 2.64. The molecule has 3 aromatic rings. The fourth-order valence-corrected chi connectivity index (χ4v) is 3.26. The quantitative estimate of drug-likeness (QED) is 0.444. The average molecular weight is 354 g/mol. The van der Waals surface area contributed by atoms with Gasteiger partial charge in [-0.25, -0.2) is 4.79 Å². The zero-order chi connectivity index (χ0) is 19.0. The van der Waals surface area contributed by atoms with E-state index in [1.165, 1.54) is 6.08 Å². The number of benzene rings is 3. The van der Waals surface area contributed by atoms with E-state index in [0.717, 1.165) is 0 Å². The van der Waals surface area contributed by atoms with Crippen molar-refractivity contribution < 1.29 is 19.5 Å². The summed E-state index contributed by atoms with van der Waals surface area (Å²) in [7, 11) is 0. The number of carbonyl (C=O) groups excluding carboxylic acids is 2. The molecular weight excluding hydrogens is 340 g/mol. The van der Waals surface area contributed by atoms with Crippen LogP contribution in [0.3, 0.4) is 0 Å². The highest BCUT2D eigenvalue weighted by atomic mass is 16.4.